The van der Waals surface area contributed by atoms with Crippen LogP contribution in [0.5, 0.6) is 5.75 Å². The summed E-state index contributed by atoms with van der Waals surface area (Å²) in [5.41, 5.74) is 0.857. The highest BCUT2D eigenvalue weighted by Gasteiger charge is 2.31. The Morgan fingerprint density at radius 2 is 2.23 bits per heavy atom. The Hall–Kier alpha value is -1.81. The summed E-state index contributed by atoms with van der Waals surface area (Å²) in [6.07, 6.45) is 0.441. The number of carbonyl (C=O) groups is 1. The topological polar surface area (TPSA) is 66.0 Å². The Bertz CT molecular complexity index is 751. The van der Waals surface area contributed by atoms with Gasteiger partial charge in [0.1, 0.15) is 5.75 Å². The highest BCUT2D eigenvalue weighted by atomic mass is 127. The molecule has 1 atom stereocenters. The van der Waals surface area contributed by atoms with Crippen molar-refractivity contribution in [3.8, 4) is 5.75 Å². The smallest absolute Gasteiger partial charge is 0.229 e. The van der Waals surface area contributed by atoms with E-state index in [9.17, 15) is 4.79 Å². The van der Waals surface area contributed by atoms with Crippen LogP contribution in [0, 0.1) is 0 Å². The normalized spacial score (nSPS) is 17.0. The van der Waals surface area contributed by atoms with Gasteiger partial charge < -0.3 is 20.3 Å². The van der Waals surface area contributed by atoms with Crippen LogP contribution in [0.3, 0.4) is 0 Å². The van der Waals surface area contributed by atoms with Gasteiger partial charge in [0.05, 0.1) is 19.7 Å². The van der Waals surface area contributed by atoms with Crippen LogP contribution < -0.4 is 20.3 Å². The zero-order chi connectivity index (χ0) is 17.6. The number of aliphatic imine (C=N–C) groups is 1. The number of thiophene rings is 1. The predicted octanol–water partition coefficient (Wildman–Crippen LogP) is 2.85. The number of nitrogens with one attached hydrogen (secondary N) is 2. The molecule has 0 aliphatic carbocycles. The number of benzene rings is 1. The third-order valence-electron chi connectivity index (χ3n) is 4.06. The molecule has 1 aromatic carbocycles. The van der Waals surface area contributed by atoms with Gasteiger partial charge in [-0.3, -0.25) is 9.79 Å². The lowest BCUT2D eigenvalue weighted by atomic mass is 10.2. The predicted molar refractivity (Wildman–Crippen MR) is 117 cm³/mol. The van der Waals surface area contributed by atoms with Crippen LogP contribution >= 0.6 is 35.3 Å². The first-order valence-electron chi connectivity index (χ1n) is 8.13. The molecule has 3 rings (SSSR count). The van der Waals surface area contributed by atoms with Crippen LogP contribution in [0.1, 0.15) is 11.3 Å². The van der Waals surface area contributed by atoms with E-state index in [1.54, 1.807) is 30.4 Å². The van der Waals surface area contributed by atoms with Crippen molar-refractivity contribution in [3.63, 3.8) is 0 Å². The number of anilines is 1. The number of ether oxygens (including phenoxy) is 1. The maximum absolute atomic E-state index is 12.4. The van der Waals surface area contributed by atoms with Gasteiger partial charge in [0.2, 0.25) is 5.91 Å². The van der Waals surface area contributed by atoms with Crippen LogP contribution in [0.2, 0.25) is 0 Å². The fourth-order valence-corrected chi connectivity index (χ4v) is 3.45. The van der Waals surface area contributed by atoms with E-state index in [2.05, 4.69) is 27.1 Å². The van der Waals surface area contributed by atoms with Gasteiger partial charge in [-0.05, 0) is 23.6 Å². The summed E-state index contributed by atoms with van der Waals surface area (Å²) in [5, 5.41) is 8.67. The van der Waals surface area contributed by atoms with E-state index < -0.39 is 0 Å². The highest BCUT2D eigenvalue weighted by molar-refractivity contribution is 14.0. The van der Waals surface area contributed by atoms with Gasteiger partial charge in [-0.1, -0.05) is 12.1 Å². The molecule has 2 N–H and O–H groups in total. The molecule has 1 aliphatic heterocycles. The van der Waals surface area contributed by atoms with Crippen molar-refractivity contribution in [1.29, 1.82) is 0 Å². The summed E-state index contributed by atoms with van der Waals surface area (Å²) in [5.74, 6) is 1.55. The lowest BCUT2D eigenvalue weighted by molar-refractivity contribution is -0.117. The van der Waals surface area contributed by atoms with Crippen LogP contribution in [0.4, 0.5) is 5.69 Å². The Morgan fingerprint density at radius 1 is 1.38 bits per heavy atom. The third kappa shape index (κ3) is 5.10. The van der Waals surface area contributed by atoms with Crippen molar-refractivity contribution in [1.82, 2.24) is 10.6 Å². The van der Waals surface area contributed by atoms with Gasteiger partial charge in [0.15, 0.2) is 5.96 Å². The van der Waals surface area contributed by atoms with E-state index in [0.717, 1.165) is 18.0 Å². The molecule has 2 aromatic rings. The summed E-state index contributed by atoms with van der Waals surface area (Å²) < 4.78 is 5.24. The van der Waals surface area contributed by atoms with E-state index in [4.69, 9.17) is 4.74 Å². The Kier molecular flexibility index (Phi) is 7.70. The molecule has 0 bridgehead atoms. The maximum Gasteiger partial charge on any atom is 0.229 e. The molecule has 8 heteroatoms. The molecule has 1 amide bonds. The number of methoxy groups -OCH3 is 1. The molecular weight excluding hydrogens is 463 g/mol. The molecule has 0 radical (unpaired) electrons. The number of carbonyl (C=O) groups excluding carboxylic acids is 1. The average molecular weight is 486 g/mol. The van der Waals surface area contributed by atoms with Gasteiger partial charge in [-0.15, -0.1) is 35.3 Å². The van der Waals surface area contributed by atoms with Gasteiger partial charge in [-0.2, -0.15) is 0 Å². The number of amides is 1. The second-order valence-electron chi connectivity index (χ2n) is 5.76. The maximum atomic E-state index is 12.4. The molecule has 1 saturated heterocycles. The second-order valence-corrected chi connectivity index (χ2v) is 6.79. The summed E-state index contributed by atoms with van der Waals surface area (Å²) in [6.45, 7) is 1.32. The Labute approximate surface area is 174 Å². The quantitative estimate of drug-likeness (QED) is 0.388. The summed E-state index contributed by atoms with van der Waals surface area (Å²) in [6, 6.07) is 11.7. The lowest BCUT2D eigenvalue weighted by Gasteiger charge is -2.19. The first kappa shape index (κ1) is 20.5. The molecule has 1 fully saturated rings. The minimum absolute atomic E-state index is 0. The number of rotatable bonds is 5. The first-order valence-corrected chi connectivity index (χ1v) is 9.01. The second kappa shape index (κ2) is 9.77. The fourth-order valence-electron chi connectivity index (χ4n) is 2.80. The fraction of sp³-hybridized carbons (Fsp3) is 0.333. The number of hydrogen-bond donors (Lipinski definition) is 2. The molecule has 6 nitrogen and oxygen atoms in total. The summed E-state index contributed by atoms with van der Waals surface area (Å²) >= 11 is 1.70. The number of nitrogens with zero attached hydrogens (tertiary/aromatic N) is 2. The molecule has 1 aromatic heterocycles. The SMILES string of the molecule is CN=C(NCc1cccs1)NC1CC(=O)N(c2cccc(OC)c2)C1.I. The van der Waals surface area contributed by atoms with E-state index in [1.165, 1.54) is 4.88 Å². The van der Waals surface area contributed by atoms with Crippen LogP contribution in [0.15, 0.2) is 46.8 Å². The lowest BCUT2D eigenvalue weighted by Crippen LogP contribution is -2.44. The van der Waals surface area contributed by atoms with Crippen molar-refractivity contribution in [2.75, 3.05) is 25.6 Å². The van der Waals surface area contributed by atoms with E-state index in [1.807, 2.05) is 30.3 Å². The summed E-state index contributed by atoms with van der Waals surface area (Å²) in [4.78, 5) is 19.7. The van der Waals surface area contributed by atoms with E-state index in [0.29, 0.717) is 18.9 Å². The molecule has 2 heterocycles. The molecule has 0 spiro atoms. The number of guanidine groups is 1. The average Bonchev–Trinajstić information content (AvgIpc) is 3.28. The Morgan fingerprint density at radius 3 is 2.92 bits per heavy atom. The van der Waals surface area contributed by atoms with E-state index >= 15 is 0 Å². The zero-order valence-electron chi connectivity index (χ0n) is 14.8. The number of halogens is 1. The molecule has 0 saturated carbocycles. The van der Waals surface area contributed by atoms with Gasteiger partial charge in [-0.25, -0.2) is 0 Å². The first-order chi connectivity index (χ1) is 12.2. The van der Waals surface area contributed by atoms with Crippen LogP contribution in [-0.2, 0) is 11.3 Å². The Balaban J connectivity index is 0.00000243. The highest BCUT2D eigenvalue weighted by Crippen LogP contribution is 2.25. The molecule has 26 heavy (non-hydrogen) atoms. The largest absolute Gasteiger partial charge is 0.497 e. The van der Waals surface area contributed by atoms with Crippen molar-refractivity contribution in [2.45, 2.75) is 19.0 Å². The third-order valence-corrected chi connectivity index (χ3v) is 4.94. The monoisotopic (exact) mass is 486 g/mol. The van der Waals surface area contributed by atoms with Gasteiger partial charge in [0.25, 0.3) is 0 Å². The van der Waals surface area contributed by atoms with Crippen molar-refractivity contribution in [3.05, 3.63) is 46.7 Å². The minimum Gasteiger partial charge on any atom is -0.497 e. The zero-order valence-corrected chi connectivity index (χ0v) is 17.9. The van der Waals surface area contributed by atoms with Crippen molar-refractivity contribution < 1.29 is 9.53 Å². The number of hydrogen-bond acceptors (Lipinski definition) is 4. The standard InChI is InChI=1S/C18H22N4O2S.HI/c1-19-18(20-11-16-7-4-8-25-16)21-13-9-17(23)22(12-13)14-5-3-6-15(10-14)24-2;/h3-8,10,13H,9,11-12H2,1-2H3,(H2,19,20,21);1H. The summed E-state index contributed by atoms with van der Waals surface area (Å²) in [7, 11) is 3.36. The molecule has 140 valence electrons. The van der Waals surface area contributed by atoms with E-state index in [-0.39, 0.29) is 35.9 Å². The van der Waals surface area contributed by atoms with Crippen LogP contribution in [-0.4, -0.2) is 38.6 Å². The molecule has 1 aliphatic rings. The van der Waals surface area contributed by atoms with Gasteiger partial charge >= 0.3 is 0 Å². The van der Waals surface area contributed by atoms with Crippen molar-refractivity contribution in [2.24, 2.45) is 4.99 Å². The van der Waals surface area contributed by atoms with Crippen LogP contribution in [0.25, 0.3) is 0 Å². The minimum atomic E-state index is 0. The van der Waals surface area contributed by atoms with Gasteiger partial charge in [0, 0.05) is 36.6 Å². The van der Waals surface area contributed by atoms with Crippen molar-refractivity contribution >= 4 is 52.9 Å². The molecular formula is C18H23IN4O2S. The molecule has 1 unspecified atom stereocenters.